The van der Waals surface area contributed by atoms with Gasteiger partial charge in [-0.1, -0.05) is 11.8 Å². The molecule has 6 nitrogen and oxygen atoms in total. The molecule has 0 saturated carbocycles. The van der Waals surface area contributed by atoms with E-state index in [2.05, 4.69) is 14.7 Å². The second-order valence-corrected chi connectivity index (χ2v) is 4.64. The molecular weight excluding hydrogens is 254 g/mol. The number of carbonyl (C=O) groups excluding carboxylic acids is 1. The first-order valence-electron chi connectivity index (χ1n) is 5.36. The van der Waals surface area contributed by atoms with Crippen molar-refractivity contribution in [2.24, 2.45) is 0 Å². The molecule has 1 atom stereocenters. The molecule has 7 heteroatoms. The van der Waals surface area contributed by atoms with E-state index in [0.29, 0.717) is 5.75 Å². The Bertz CT molecular complexity index is 543. The minimum atomic E-state index is -0.750. The Morgan fingerprint density at radius 3 is 2.94 bits per heavy atom. The first kappa shape index (κ1) is 12.8. The number of rotatable bonds is 5. The number of fused-ring (bicyclic) bond motifs is 1. The molecule has 18 heavy (non-hydrogen) atoms. The lowest BCUT2D eigenvalue weighted by molar-refractivity contribution is -0.142. The second-order valence-electron chi connectivity index (χ2n) is 3.64. The highest BCUT2D eigenvalue weighted by Crippen LogP contribution is 2.21. The Hall–Kier alpha value is -1.60. The number of hydrogen-bond donors (Lipinski definition) is 1. The van der Waals surface area contributed by atoms with Crippen molar-refractivity contribution >= 4 is 23.4 Å². The van der Waals surface area contributed by atoms with Gasteiger partial charge >= 0.3 is 5.97 Å². The lowest BCUT2D eigenvalue weighted by atomic mass is 10.3. The van der Waals surface area contributed by atoms with Crippen molar-refractivity contribution in [3.8, 4) is 0 Å². The summed E-state index contributed by atoms with van der Waals surface area (Å²) in [5, 5.41) is 10.4. The summed E-state index contributed by atoms with van der Waals surface area (Å²) in [5.41, 5.74) is 0.743. The minimum Gasteiger partial charge on any atom is -0.469 e. The van der Waals surface area contributed by atoms with Crippen molar-refractivity contribution in [3.05, 3.63) is 24.8 Å². The van der Waals surface area contributed by atoms with Gasteiger partial charge in [0.2, 0.25) is 0 Å². The predicted octanol–water partition coefficient (Wildman–Crippen LogP) is 0.745. The lowest BCUT2D eigenvalue weighted by Gasteiger charge is -2.08. The second kappa shape index (κ2) is 5.83. The molecule has 0 aliphatic heterocycles. The maximum Gasteiger partial charge on any atom is 0.308 e. The summed E-state index contributed by atoms with van der Waals surface area (Å²) in [6.45, 7) is 0. The Morgan fingerprint density at radius 2 is 2.22 bits per heavy atom. The van der Waals surface area contributed by atoms with Gasteiger partial charge in [0.1, 0.15) is 5.03 Å². The van der Waals surface area contributed by atoms with Crippen molar-refractivity contribution in [2.75, 3.05) is 12.9 Å². The summed E-state index contributed by atoms with van der Waals surface area (Å²) in [6.07, 6.45) is 6.22. The number of aliphatic hydroxyl groups is 1. The number of thioether (sulfide) groups is 1. The quantitative estimate of drug-likeness (QED) is 0.636. The zero-order chi connectivity index (χ0) is 13.0. The van der Waals surface area contributed by atoms with Crippen LogP contribution >= 0.6 is 11.8 Å². The molecule has 0 spiro atoms. The van der Waals surface area contributed by atoms with E-state index in [4.69, 9.17) is 0 Å². The van der Waals surface area contributed by atoms with Crippen LogP contribution in [0.1, 0.15) is 6.42 Å². The summed E-state index contributed by atoms with van der Waals surface area (Å²) in [6, 6.07) is 0. The smallest absolute Gasteiger partial charge is 0.308 e. The molecule has 1 N–H and O–H groups in total. The highest BCUT2D eigenvalue weighted by atomic mass is 32.2. The molecule has 0 fully saturated rings. The van der Waals surface area contributed by atoms with Crippen molar-refractivity contribution in [1.29, 1.82) is 0 Å². The Labute approximate surface area is 108 Å². The van der Waals surface area contributed by atoms with Crippen molar-refractivity contribution in [1.82, 2.24) is 14.4 Å². The molecule has 2 heterocycles. The molecule has 96 valence electrons. The van der Waals surface area contributed by atoms with Gasteiger partial charge in [0.15, 0.2) is 5.65 Å². The van der Waals surface area contributed by atoms with Crippen LogP contribution < -0.4 is 0 Å². The fourth-order valence-electron chi connectivity index (χ4n) is 1.44. The number of hydrogen-bond acceptors (Lipinski definition) is 6. The SMILES string of the molecule is COC(=O)C[C@@H](O)CSc1nccn2ccnc12. The zero-order valence-electron chi connectivity index (χ0n) is 9.81. The number of nitrogens with zero attached hydrogens (tertiary/aromatic N) is 3. The Morgan fingerprint density at radius 1 is 1.50 bits per heavy atom. The molecular formula is C11H13N3O3S. The van der Waals surface area contributed by atoms with Gasteiger partial charge in [0, 0.05) is 30.5 Å². The predicted molar refractivity (Wildman–Crippen MR) is 66.4 cm³/mol. The van der Waals surface area contributed by atoms with Gasteiger partial charge in [-0.3, -0.25) is 4.79 Å². The van der Waals surface area contributed by atoms with Crippen LogP contribution in [0.4, 0.5) is 0 Å². The average Bonchev–Trinajstić information content (AvgIpc) is 2.84. The summed E-state index contributed by atoms with van der Waals surface area (Å²) in [5.74, 6) is -0.0515. The standard InChI is InChI=1S/C11H13N3O3S/c1-17-9(16)6-8(15)7-18-11-10-12-2-4-14(10)5-3-13-11/h2-5,8,15H,6-7H2,1H3/t8-/m1/s1. The number of ether oxygens (including phenoxy) is 1. The summed E-state index contributed by atoms with van der Waals surface area (Å²) < 4.78 is 6.34. The molecule has 2 aromatic heterocycles. The molecule has 2 rings (SSSR count). The van der Waals surface area contributed by atoms with E-state index in [1.165, 1.54) is 18.9 Å². The van der Waals surface area contributed by atoms with Gasteiger partial charge in [0.25, 0.3) is 0 Å². The van der Waals surface area contributed by atoms with Gasteiger partial charge in [-0.2, -0.15) is 0 Å². The molecule has 0 unspecified atom stereocenters. The fourth-order valence-corrected chi connectivity index (χ4v) is 2.33. The van der Waals surface area contributed by atoms with Crippen LogP contribution in [0.25, 0.3) is 5.65 Å². The van der Waals surface area contributed by atoms with Crippen LogP contribution in [0, 0.1) is 0 Å². The number of aliphatic hydroxyl groups excluding tert-OH is 1. The van der Waals surface area contributed by atoms with Crippen LogP contribution in [-0.4, -0.2) is 44.4 Å². The van der Waals surface area contributed by atoms with Crippen LogP contribution in [-0.2, 0) is 9.53 Å². The Kier molecular flexibility index (Phi) is 4.16. The van der Waals surface area contributed by atoms with E-state index in [1.807, 2.05) is 10.6 Å². The monoisotopic (exact) mass is 267 g/mol. The number of carbonyl (C=O) groups is 1. The van der Waals surface area contributed by atoms with Gasteiger partial charge < -0.3 is 14.2 Å². The van der Waals surface area contributed by atoms with Crippen molar-refractivity contribution in [3.63, 3.8) is 0 Å². The maximum atomic E-state index is 11.0. The highest BCUT2D eigenvalue weighted by Gasteiger charge is 2.13. The van der Waals surface area contributed by atoms with E-state index >= 15 is 0 Å². The maximum absolute atomic E-state index is 11.0. The Balaban J connectivity index is 1.97. The normalized spacial score (nSPS) is 12.6. The largest absolute Gasteiger partial charge is 0.469 e. The summed E-state index contributed by atoms with van der Waals surface area (Å²) in [4.78, 5) is 19.4. The van der Waals surface area contributed by atoms with Gasteiger partial charge in [-0.15, -0.1) is 0 Å². The third kappa shape index (κ3) is 2.99. The highest BCUT2D eigenvalue weighted by molar-refractivity contribution is 7.99. The average molecular weight is 267 g/mol. The van der Waals surface area contributed by atoms with Crippen LogP contribution in [0.15, 0.2) is 29.8 Å². The van der Waals surface area contributed by atoms with Crippen molar-refractivity contribution < 1.29 is 14.6 Å². The molecule has 0 radical (unpaired) electrons. The molecule has 2 aromatic rings. The fraction of sp³-hybridized carbons (Fsp3) is 0.364. The van der Waals surface area contributed by atoms with Gasteiger partial charge in [-0.05, 0) is 0 Å². The lowest BCUT2D eigenvalue weighted by Crippen LogP contribution is -2.17. The van der Waals surface area contributed by atoms with E-state index in [0.717, 1.165) is 10.7 Å². The van der Waals surface area contributed by atoms with Crippen LogP contribution in [0.2, 0.25) is 0 Å². The van der Waals surface area contributed by atoms with E-state index in [1.54, 1.807) is 18.6 Å². The number of esters is 1. The van der Waals surface area contributed by atoms with Gasteiger partial charge in [0.05, 0.1) is 19.6 Å². The number of methoxy groups -OCH3 is 1. The number of aromatic nitrogens is 3. The number of imidazole rings is 1. The van der Waals surface area contributed by atoms with Crippen molar-refractivity contribution in [2.45, 2.75) is 17.6 Å². The molecule has 0 bridgehead atoms. The first-order valence-corrected chi connectivity index (χ1v) is 6.34. The topological polar surface area (TPSA) is 76.7 Å². The summed E-state index contributed by atoms with van der Waals surface area (Å²) in [7, 11) is 1.30. The molecule has 0 saturated heterocycles. The third-order valence-corrected chi connectivity index (χ3v) is 3.43. The molecule has 0 aliphatic rings. The zero-order valence-corrected chi connectivity index (χ0v) is 10.6. The first-order chi connectivity index (χ1) is 8.70. The van der Waals surface area contributed by atoms with E-state index in [-0.39, 0.29) is 6.42 Å². The van der Waals surface area contributed by atoms with Crippen LogP contribution in [0.3, 0.4) is 0 Å². The van der Waals surface area contributed by atoms with Gasteiger partial charge in [-0.25, -0.2) is 9.97 Å². The van der Waals surface area contributed by atoms with Crippen LogP contribution in [0.5, 0.6) is 0 Å². The molecule has 0 aliphatic carbocycles. The minimum absolute atomic E-state index is 0.0128. The van der Waals surface area contributed by atoms with E-state index in [9.17, 15) is 9.90 Å². The molecule has 0 amide bonds. The third-order valence-electron chi connectivity index (χ3n) is 2.32. The van der Waals surface area contributed by atoms with E-state index < -0.39 is 12.1 Å². The summed E-state index contributed by atoms with van der Waals surface area (Å²) >= 11 is 1.36. The molecule has 0 aromatic carbocycles.